The molecule has 3 rings (SSSR count). The van der Waals surface area contributed by atoms with Gasteiger partial charge in [0, 0.05) is 25.1 Å². The van der Waals surface area contributed by atoms with Crippen LogP contribution in [0.15, 0.2) is 29.1 Å². The van der Waals surface area contributed by atoms with Crippen molar-refractivity contribution in [3.63, 3.8) is 0 Å². The normalized spacial score (nSPS) is 19.6. The van der Waals surface area contributed by atoms with Gasteiger partial charge in [0.25, 0.3) is 5.56 Å². The summed E-state index contributed by atoms with van der Waals surface area (Å²) in [4.78, 5) is 12.4. The number of pyridine rings is 1. The molecule has 3 nitrogen and oxygen atoms in total. The Kier molecular flexibility index (Phi) is 2.71. The molecule has 1 fully saturated rings. The second-order valence-corrected chi connectivity index (χ2v) is 5.22. The average molecular weight is 242 g/mol. The molecule has 18 heavy (non-hydrogen) atoms. The molecule has 0 saturated carbocycles. The van der Waals surface area contributed by atoms with Crippen LogP contribution in [0.25, 0.3) is 10.9 Å². The van der Waals surface area contributed by atoms with E-state index in [-0.39, 0.29) is 5.56 Å². The number of fused-ring (bicyclic) bond motifs is 1. The minimum Gasteiger partial charge on any atom is -0.316 e. The zero-order valence-electron chi connectivity index (χ0n) is 10.9. The number of aromatic nitrogens is 1. The van der Waals surface area contributed by atoms with Gasteiger partial charge in [-0.1, -0.05) is 11.6 Å². The molecule has 2 heterocycles. The van der Waals surface area contributed by atoms with Crippen molar-refractivity contribution in [1.29, 1.82) is 0 Å². The fourth-order valence-corrected chi connectivity index (χ4v) is 2.84. The van der Waals surface area contributed by atoms with Crippen LogP contribution in [0.4, 0.5) is 0 Å². The van der Waals surface area contributed by atoms with Gasteiger partial charge in [-0.15, -0.1) is 0 Å². The number of rotatable bonds is 1. The smallest absolute Gasteiger partial charge is 0.254 e. The Balaban J connectivity index is 2.26. The van der Waals surface area contributed by atoms with E-state index >= 15 is 0 Å². The number of hydrogen-bond acceptors (Lipinski definition) is 2. The third kappa shape index (κ3) is 1.75. The van der Waals surface area contributed by atoms with Gasteiger partial charge in [-0.05, 0) is 43.5 Å². The lowest BCUT2D eigenvalue weighted by Crippen LogP contribution is -2.24. The van der Waals surface area contributed by atoms with Gasteiger partial charge in [-0.25, -0.2) is 0 Å². The van der Waals surface area contributed by atoms with Gasteiger partial charge >= 0.3 is 0 Å². The highest BCUT2D eigenvalue weighted by Crippen LogP contribution is 2.23. The molecule has 0 amide bonds. The van der Waals surface area contributed by atoms with E-state index in [4.69, 9.17) is 0 Å². The van der Waals surface area contributed by atoms with E-state index in [9.17, 15) is 4.79 Å². The molecule has 1 unspecified atom stereocenters. The summed E-state index contributed by atoms with van der Waals surface area (Å²) in [6, 6.07) is 8.32. The number of aryl methyl sites for hydroxylation is 2. The fourth-order valence-electron chi connectivity index (χ4n) is 2.84. The van der Waals surface area contributed by atoms with Crippen molar-refractivity contribution in [2.75, 3.05) is 13.1 Å². The number of nitrogens with zero attached hydrogens (tertiary/aromatic N) is 1. The predicted octanol–water partition coefficient (Wildman–Crippen LogP) is 1.92. The van der Waals surface area contributed by atoms with E-state index in [1.807, 2.05) is 13.1 Å². The number of nitrogens with one attached hydrogen (secondary N) is 1. The van der Waals surface area contributed by atoms with Crippen molar-refractivity contribution in [3.05, 3.63) is 45.7 Å². The minimum atomic E-state index is 0.153. The van der Waals surface area contributed by atoms with E-state index in [1.54, 1.807) is 4.57 Å². The third-order valence-electron chi connectivity index (χ3n) is 3.91. The number of hydrogen-bond donors (Lipinski definition) is 1. The van der Waals surface area contributed by atoms with E-state index in [0.29, 0.717) is 5.92 Å². The minimum absolute atomic E-state index is 0.153. The van der Waals surface area contributed by atoms with Crippen LogP contribution in [0, 0.1) is 6.92 Å². The first-order valence-corrected chi connectivity index (χ1v) is 6.48. The quantitative estimate of drug-likeness (QED) is 0.829. The molecule has 1 saturated heterocycles. The molecule has 0 bridgehead atoms. The molecular weight excluding hydrogens is 224 g/mol. The Labute approximate surface area is 106 Å². The van der Waals surface area contributed by atoms with Crippen molar-refractivity contribution in [3.8, 4) is 0 Å². The first-order valence-electron chi connectivity index (χ1n) is 6.48. The van der Waals surface area contributed by atoms with Crippen molar-refractivity contribution in [1.82, 2.24) is 9.88 Å². The Hall–Kier alpha value is -1.61. The Morgan fingerprint density at radius 3 is 2.89 bits per heavy atom. The SMILES string of the molecule is Cc1ccc2c(c1)cc(C1CCNC1)c(=O)n2C. The molecule has 1 N–H and O–H groups in total. The van der Waals surface area contributed by atoms with Gasteiger partial charge in [-0.3, -0.25) is 4.79 Å². The van der Waals surface area contributed by atoms with E-state index < -0.39 is 0 Å². The third-order valence-corrected chi connectivity index (χ3v) is 3.91. The molecule has 1 aliphatic rings. The molecular formula is C15H18N2O. The van der Waals surface area contributed by atoms with Gasteiger partial charge < -0.3 is 9.88 Å². The van der Waals surface area contributed by atoms with Crippen LogP contribution < -0.4 is 10.9 Å². The second-order valence-electron chi connectivity index (χ2n) is 5.22. The maximum Gasteiger partial charge on any atom is 0.254 e. The van der Waals surface area contributed by atoms with Crippen molar-refractivity contribution in [2.45, 2.75) is 19.3 Å². The van der Waals surface area contributed by atoms with Gasteiger partial charge in [0.2, 0.25) is 0 Å². The zero-order chi connectivity index (χ0) is 12.7. The molecule has 94 valence electrons. The monoisotopic (exact) mass is 242 g/mol. The first kappa shape index (κ1) is 11.5. The van der Waals surface area contributed by atoms with Crippen molar-refractivity contribution < 1.29 is 0 Å². The van der Waals surface area contributed by atoms with E-state index in [0.717, 1.165) is 30.6 Å². The van der Waals surface area contributed by atoms with E-state index in [1.165, 1.54) is 10.9 Å². The standard InChI is InChI=1S/C15H18N2O/c1-10-3-4-14-12(7-10)8-13(15(18)17(14)2)11-5-6-16-9-11/h3-4,7-8,11,16H,5-6,9H2,1-2H3. The summed E-state index contributed by atoms with van der Waals surface area (Å²) in [5.74, 6) is 0.369. The van der Waals surface area contributed by atoms with Crippen LogP contribution in [0.3, 0.4) is 0 Å². The van der Waals surface area contributed by atoms with Gasteiger partial charge in [0.1, 0.15) is 0 Å². The molecule has 0 radical (unpaired) electrons. The van der Waals surface area contributed by atoms with Crippen LogP contribution >= 0.6 is 0 Å². The van der Waals surface area contributed by atoms with Gasteiger partial charge in [-0.2, -0.15) is 0 Å². The molecule has 1 aromatic carbocycles. The van der Waals surface area contributed by atoms with Crippen LogP contribution in [0.5, 0.6) is 0 Å². The lowest BCUT2D eigenvalue weighted by Gasteiger charge is -2.13. The van der Waals surface area contributed by atoms with Crippen molar-refractivity contribution in [2.24, 2.45) is 7.05 Å². The average Bonchev–Trinajstić information content (AvgIpc) is 2.87. The molecule has 0 spiro atoms. The molecule has 1 aromatic heterocycles. The highest BCUT2D eigenvalue weighted by atomic mass is 16.1. The van der Waals surface area contributed by atoms with Crippen LogP contribution in [0.2, 0.25) is 0 Å². The van der Waals surface area contributed by atoms with E-state index in [2.05, 4.69) is 30.4 Å². The lowest BCUT2D eigenvalue weighted by atomic mass is 9.97. The molecule has 3 heteroatoms. The summed E-state index contributed by atoms with van der Waals surface area (Å²) in [6.07, 6.45) is 1.06. The maximum absolute atomic E-state index is 12.4. The molecule has 2 aromatic rings. The van der Waals surface area contributed by atoms with Gasteiger partial charge in [0.15, 0.2) is 0 Å². The van der Waals surface area contributed by atoms with Crippen molar-refractivity contribution >= 4 is 10.9 Å². The number of benzene rings is 1. The second kappa shape index (κ2) is 4.25. The molecule has 1 aliphatic heterocycles. The topological polar surface area (TPSA) is 34.0 Å². The summed E-state index contributed by atoms with van der Waals surface area (Å²) in [7, 11) is 1.87. The lowest BCUT2D eigenvalue weighted by molar-refractivity contribution is 0.734. The Bertz CT molecular complexity index is 651. The summed E-state index contributed by atoms with van der Waals surface area (Å²) >= 11 is 0. The molecule has 0 aliphatic carbocycles. The van der Waals surface area contributed by atoms with Crippen LogP contribution in [0.1, 0.15) is 23.5 Å². The zero-order valence-corrected chi connectivity index (χ0v) is 10.9. The predicted molar refractivity (Wildman–Crippen MR) is 74.2 cm³/mol. The highest BCUT2D eigenvalue weighted by Gasteiger charge is 2.20. The Morgan fingerprint density at radius 1 is 1.33 bits per heavy atom. The Morgan fingerprint density at radius 2 is 2.17 bits per heavy atom. The largest absolute Gasteiger partial charge is 0.316 e. The maximum atomic E-state index is 12.4. The first-order chi connectivity index (χ1) is 8.66. The summed E-state index contributed by atoms with van der Waals surface area (Å²) < 4.78 is 1.78. The molecule has 1 atom stereocenters. The van der Waals surface area contributed by atoms with Crippen LogP contribution in [-0.2, 0) is 7.05 Å². The summed E-state index contributed by atoms with van der Waals surface area (Å²) in [5, 5.41) is 4.49. The van der Waals surface area contributed by atoms with Crippen LogP contribution in [-0.4, -0.2) is 17.7 Å². The summed E-state index contributed by atoms with van der Waals surface area (Å²) in [5.41, 5.74) is 3.36. The van der Waals surface area contributed by atoms with Gasteiger partial charge in [0.05, 0.1) is 5.52 Å². The fraction of sp³-hybridized carbons (Fsp3) is 0.400. The summed E-state index contributed by atoms with van der Waals surface area (Å²) in [6.45, 7) is 4.02. The highest BCUT2D eigenvalue weighted by molar-refractivity contribution is 5.80.